The van der Waals surface area contributed by atoms with Crippen LogP contribution in [-0.4, -0.2) is 44.3 Å². The molecule has 0 spiro atoms. The second kappa shape index (κ2) is 8.92. The number of anilines is 1. The van der Waals surface area contributed by atoms with E-state index in [-0.39, 0.29) is 12.5 Å². The molecule has 8 nitrogen and oxygen atoms in total. The summed E-state index contributed by atoms with van der Waals surface area (Å²) in [5.74, 6) is -0.826. The lowest BCUT2D eigenvalue weighted by Gasteiger charge is -2.17. The topological polar surface area (TPSA) is 109 Å². The van der Waals surface area contributed by atoms with Gasteiger partial charge in [0.25, 0.3) is 0 Å². The Labute approximate surface area is 162 Å². The zero-order valence-electron chi connectivity index (χ0n) is 15.4. The van der Waals surface area contributed by atoms with Crippen molar-refractivity contribution in [3.05, 3.63) is 66.5 Å². The number of carbonyl (C=O) groups is 2. The van der Waals surface area contributed by atoms with Crippen LogP contribution in [0.5, 0.6) is 0 Å². The summed E-state index contributed by atoms with van der Waals surface area (Å²) in [5.41, 5.74) is 2.53. The number of carboxylic acid groups (broad SMARTS) is 1. The van der Waals surface area contributed by atoms with Crippen LogP contribution < -0.4 is 10.6 Å². The predicted octanol–water partition coefficient (Wildman–Crippen LogP) is 1.71. The fourth-order valence-corrected chi connectivity index (χ4v) is 2.78. The van der Waals surface area contributed by atoms with Gasteiger partial charge < -0.3 is 10.4 Å². The highest BCUT2D eigenvalue weighted by Gasteiger charge is 2.21. The molecule has 0 bridgehead atoms. The van der Waals surface area contributed by atoms with Crippen LogP contribution in [0.1, 0.15) is 5.56 Å². The number of nitrogens with one attached hydrogen (secondary N) is 2. The van der Waals surface area contributed by atoms with Crippen LogP contribution in [-0.2, 0) is 23.1 Å². The summed E-state index contributed by atoms with van der Waals surface area (Å²) in [7, 11) is 1.73. The fraction of sp³-hybridized carbons (Fsp3) is 0.200. The highest BCUT2D eigenvalue weighted by atomic mass is 16.4. The van der Waals surface area contributed by atoms with E-state index in [2.05, 4.69) is 20.7 Å². The smallest absolute Gasteiger partial charge is 0.317 e. The van der Waals surface area contributed by atoms with Crippen molar-refractivity contribution in [2.45, 2.75) is 12.5 Å². The van der Waals surface area contributed by atoms with Gasteiger partial charge in [0.15, 0.2) is 0 Å². The summed E-state index contributed by atoms with van der Waals surface area (Å²) in [6.07, 6.45) is 3.72. The zero-order chi connectivity index (χ0) is 19.9. The number of aromatic nitrogens is 3. The summed E-state index contributed by atoms with van der Waals surface area (Å²) in [5, 5.41) is 19.0. The monoisotopic (exact) mass is 379 g/mol. The van der Waals surface area contributed by atoms with Gasteiger partial charge in [-0.25, -0.2) is 0 Å². The molecule has 1 aromatic carbocycles. The van der Waals surface area contributed by atoms with Gasteiger partial charge in [-0.1, -0.05) is 30.3 Å². The molecule has 1 unspecified atom stereocenters. The molecule has 2 heterocycles. The summed E-state index contributed by atoms with van der Waals surface area (Å²) in [6, 6.07) is 14.2. The first-order valence-corrected chi connectivity index (χ1v) is 8.77. The highest BCUT2D eigenvalue weighted by Crippen LogP contribution is 2.20. The lowest BCUT2D eigenvalue weighted by molar-refractivity contribution is -0.136. The number of rotatable bonds is 8. The van der Waals surface area contributed by atoms with E-state index in [0.29, 0.717) is 17.9 Å². The van der Waals surface area contributed by atoms with Gasteiger partial charge in [0.1, 0.15) is 5.82 Å². The molecule has 1 amide bonds. The Hall–Kier alpha value is -3.52. The molecule has 0 saturated carbocycles. The minimum atomic E-state index is -1.02. The molecular formula is C20H21N5O3. The third-order valence-corrected chi connectivity index (χ3v) is 4.21. The van der Waals surface area contributed by atoms with Crippen LogP contribution in [0.15, 0.2) is 60.9 Å². The normalized spacial score (nSPS) is 11.8. The average molecular weight is 379 g/mol. The maximum atomic E-state index is 12.8. The first-order chi connectivity index (χ1) is 13.5. The zero-order valence-corrected chi connectivity index (χ0v) is 15.4. The van der Waals surface area contributed by atoms with Crippen molar-refractivity contribution in [3.8, 4) is 11.3 Å². The molecule has 1 atom stereocenters. The maximum absolute atomic E-state index is 12.8. The number of amides is 1. The van der Waals surface area contributed by atoms with Crippen LogP contribution in [0.2, 0.25) is 0 Å². The molecule has 0 radical (unpaired) electrons. The molecule has 3 rings (SSSR count). The standard InChI is InChI=1S/C20H21N5O3/c1-25-18(12-16(24-25)15-7-9-21-10-8-15)23-20(28)17(22-13-19(26)27)11-14-5-3-2-4-6-14/h2-10,12,17,22H,11,13H2,1H3,(H,23,28)(H,26,27). The molecule has 3 N–H and O–H groups in total. The van der Waals surface area contributed by atoms with Gasteiger partial charge in [-0.3, -0.25) is 24.6 Å². The maximum Gasteiger partial charge on any atom is 0.317 e. The molecule has 0 aliphatic carbocycles. The van der Waals surface area contributed by atoms with Gasteiger partial charge in [0, 0.05) is 31.1 Å². The number of carboxylic acids is 1. The van der Waals surface area contributed by atoms with Gasteiger partial charge in [0.2, 0.25) is 5.91 Å². The summed E-state index contributed by atoms with van der Waals surface area (Å²) < 4.78 is 1.57. The highest BCUT2D eigenvalue weighted by molar-refractivity contribution is 5.95. The molecule has 2 aromatic heterocycles. The summed E-state index contributed by atoms with van der Waals surface area (Å²) in [6.45, 7) is -0.307. The van der Waals surface area contributed by atoms with Crippen LogP contribution in [0, 0.1) is 0 Å². The Balaban J connectivity index is 1.75. The van der Waals surface area contributed by atoms with Crippen molar-refractivity contribution < 1.29 is 14.7 Å². The van der Waals surface area contributed by atoms with Crippen LogP contribution in [0.3, 0.4) is 0 Å². The predicted molar refractivity (Wildman–Crippen MR) is 105 cm³/mol. The number of hydrogen-bond acceptors (Lipinski definition) is 5. The van der Waals surface area contributed by atoms with E-state index in [1.165, 1.54) is 0 Å². The quantitative estimate of drug-likeness (QED) is 0.550. The van der Waals surface area contributed by atoms with Gasteiger partial charge >= 0.3 is 5.97 Å². The number of hydrogen-bond donors (Lipinski definition) is 3. The number of benzene rings is 1. The van der Waals surface area contributed by atoms with E-state index >= 15 is 0 Å². The first-order valence-electron chi connectivity index (χ1n) is 8.77. The Morgan fingerprint density at radius 3 is 2.54 bits per heavy atom. The largest absolute Gasteiger partial charge is 0.480 e. The average Bonchev–Trinajstić information content (AvgIpc) is 3.07. The minimum absolute atomic E-state index is 0.307. The summed E-state index contributed by atoms with van der Waals surface area (Å²) in [4.78, 5) is 27.7. The van der Waals surface area contributed by atoms with Gasteiger partial charge in [-0.15, -0.1) is 0 Å². The minimum Gasteiger partial charge on any atom is -0.480 e. The molecular weight excluding hydrogens is 358 g/mol. The van der Waals surface area contributed by atoms with Crippen molar-refractivity contribution >= 4 is 17.7 Å². The Bertz CT molecular complexity index is 941. The van der Waals surface area contributed by atoms with Crippen LogP contribution >= 0.6 is 0 Å². The van der Waals surface area contributed by atoms with Crippen LogP contribution in [0.25, 0.3) is 11.3 Å². The van der Waals surface area contributed by atoms with Crippen molar-refractivity contribution in [3.63, 3.8) is 0 Å². The van der Waals surface area contributed by atoms with Crippen LogP contribution in [0.4, 0.5) is 5.82 Å². The van der Waals surface area contributed by atoms with Crippen molar-refractivity contribution in [1.29, 1.82) is 0 Å². The number of nitrogens with zero attached hydrogens (tertiary/aromatic N) is 3. The van der Waals surface area contributed by atoms with Gasteiger partial charge in [-0.05, 0) is 24.1 Å². The molecule has 0 aliphatic heterocycles. The Kier molecular flexibility index (Phi) is 6.13. The SMILES string of the molecule is Cn1nc(-c2ccncc2)cc1NC(=O)C(Cc1ccccc1)NCC(=O)O. The third kappa shape index (κ3) is 5.01. The second-order valence-electron chi connectivity index (χ2n) is 6.28. The van der Waals surface area contributed by atoms with E-state index in [1.807, 2.05) is 42.5 Å². The van der Waals surface area contributed by atoms with E-state index in [9.17, 15) is 9.59 Å². The molecule has 28 heavy (non-hydrogen) atoms. The van der Waals surface area contributed by atoms with E-state index < -0.39 is 12.0 Å². The van der Waals surface area contributed by atoms with Crippen molar-refractivity contribution in [2.24, 2.45) is 7.05 Å². The Morgan fingerprint density at radius 2 is 1.86 bits per heavy atom. The number of aliphatic carboxylic acids is 1. The number of carbonyl (C=O) groups excluding carboxylic acids is 1. The molecule has 0 aliphatic rings. The molecule has 0 saturated heterocycles. The molecule has 3 aromatic rings. The Morgan fingerprint density at radius 1 is 1.14 bits per heavy atom. The lowest BCUT2D eigenvalue weighted by atomic mass is 10.1. The third-order valence-electron chi connectivity index (χ3n) is 4.21. The van der Waals surface area contributed by atoms with E-state index in [0.717, 1.165) is 11.1 Å². The van der Waals surface area contributed by atoms with E-state index in [4.69, 9.17) is 5.11 Å². The van der Waals surface area contributed by atoms with Gasteiger partial charge in [-0.2, -0.15) is 5.10 Å². The number of aryl methyl sites for hydroxylation is 1. The summed E-state index contributed by atoms with van der Waals surface area (Å²) >= 11 is 0. The molecule has 8 heteroatoms. The fourth-order valence-electron chi connectivity index (χ4n) is 2.78. The number of pyridine rings is 1. The first kappa shape index (κ1) is 19.2. The van der Waals surface area contributed by atoms with Crippen molar-refractivity contribution in [2.75, 3.05) is 11.9 Å². The van der Waals surface area contributed by atoms with Crippen molar-refractivity contribution in [1.82, 2.24) is 20.1 Å². The lowest BCUT2D eigenvalue weighted by Crippen LogP contribution is -2.44. The second-order valence-corrected chi connectivity index (χ2v) is 6.28. The molecule has 0 fully saturated rings. The van der Waals surface area contributed by atoms with E-state index in [1.54, 1.807) is 30.2 Å². The van der Waals surface area contributed by atoms with Gasteiger partial charge in [0.05, 0.1) is 18.3 Å². The molecule has 144 valence electrons.